The molecule has 130 valence electrons. The van der Waals surface area contributed by atoms with E-state index in [4.69, 9.17) is 8.83 Å². The number of nitrogens with zero attached hydrogens (tertiary/aromatic N) is 1. The van der Waals surface area contributed by atoms with E-state index >= 15 is 0 Å². The van der Waals surface area contributed by atoms with Crippen LogP contribution in [0.3, 0.4) is 0 Å². The SMILES string of the molecule is CCc1ccc2oc(Cc3ccc(NC(=O)c4ccco4)cc3)nc2c1. The monoisotopic (exact) mass is 346 g/mol. The molecule has 5 nitrogen and oxygen atoms in total. The molecule has 4 aromatic rings. The Balaban J connectivity index is 1.46. The summed E-state index contributed by atoms with van der Waals surface area (Å²) in [6.45, 7) is 2.12. The van der Waals surface area contributed by atoms with E-state index in [-0.39, 0.29) is 11.7 Å². The van der Waals surface area contributed by atoms with Gasteiger partial charge in [-0.2, -0.15) is 0 Å². The lowest BCUT2D eigenvalue weighted by molar-refractivity contribution is 0.0996. The van der Waals surface area contributed by atoms with Gasteiger partial charge in [0.25, 0.3) is 5.91 Å². The van der Waals surface area contributed by atoms with Crippen LogP contribution in [0.4, 0.5) is 5.69 Å². The van der Waals surface area contributed by atoms with Crippen molar-refractivity contribution in [2.45, 2.75) is 19.8 Å². The molecule has 1 amide bonds. The van der Waals surface area contributed by atoms with Gasteiger partial charge < -0.3 is 14.2 Å². The van der Waals surface area contributed by atoms with Gasteiger partial charge >= 0.3 is 0 Å². The van der Waals surface area contributed by atoms with Crippen molar-refractivity contribution < 1.29 is 13.6 Å². The van der Waals surface area contributed by atoms with Gasteiger partial charge in [0.1, 0.15) is 5.52 Å². The van der Waals surface area contributed by atoms with Crippen molar-refractivity contribution in [3.8, 4) is 0 Å². The van der Waals surface area contributed by atoms with Crippen LogP contribution < -0.4 is 5.32 Å². The standard InChI is InChI=1S/C21H18N2O3/c1-2-14-7-10-18-17(12-14)23-20(26-18)13-15-5-8-16(9-6-15)22-21(24)19-4-3-11-25-19/h3-12H,2,13H2,1H3,(H,22,24). The van der Waals surface area contributed by atoms with Crippen LogP contribution in [0.15, 0.2) is 69.7 Å². The number of amides is 1. The van der Waals surface area contributed by atoms with Crippen LogP contribution in [0.1, 0.15) is 34.5 Å². The van der Waals surface area contributed by atoms with Crippen LogP contribution in [0, 0.1) is 0 Å². The molecule has 2 aromatic carbocycles. The van der Waals surface area contributed by atoms with Crippen LogP contribution in [0.5, 0.6) is 0 Å². The largest absolute Gasteiger partial charge is 0.459 e. The minimum absolute atomic E-state index is 0.270. The summed E-state index contributed by atoms with van der Waals surface area (Å²) in [4.78, 5) is 16.5. The second-order valence-electron chi connectivity index (χ2n) is 6.07. The smallest absolute Gasteiger partial charge is 0.291 e. The van der Waals surface area contributed by atoms with Gasteiger partial charge in [0, 0.05) is 12.1 Å². The molecule has 2 aromatic heterocycles. The molecule has 0 fully saturated rings. The summed E-state index contributed by atoms with van der Waals surface area (Å²) in [5.74, 6) is 0.695. The van der Waals surface area contributed by atoms with Crippen molar-refractivity contribution in [1.29, 1.82) is 0 Å². The van der Waals surface area contributed by atoms with Gasteiger partial charge in [-0.25, -0.2) is 4.98 Å². The van der Waals surface area contributed by atoms with E-state index in [1.165, 1.54) is 11.8 Å². The molecule has 26 heavy (non-hydrogen) atoms. The number of carbonyl (C=O) groups is 1. The fourth-order valence-corrected chi connectivity index (χ4v) is 2.80. The fraction of sp³-hybridized carbons (Fsp3) is 0.143. The van der Waals surface area contributed by atoms with Crippen LogP contribution in [0.2, 0.25) is 0 Å². The molecular formula is C21H18N2O3. The third kappa shape index (κ3) is 3.37. The molecule has 0 aliphatic rings. The first kappa shape index (κ1) is 16.1. The van der Waals surface area contributed by atoms with Crippen molar-refractivity contribution in [1.82, 2.24) is 4.98 Å². The Morgan fingerprint density at radius 2 is 1.88 bits per heavy atom. The zero-order valence-electron chi connectivity index (χ0n) is 14.4. The Bertz CT molecular complexity index is 1030. The molecule has 0 saturated carbocycles. The van der Waals surface area contributed by atoms with Crippen LogP contribution in [-0.2, 0) is 12.8 Å². The molecule has 1 N–H and O–H groups in total. The first-order valence-corrected chi connectivity index (χ1v) is 8.53. The molecule has 0 radical (unpaired) electrons. The summed E-state index contributed by atoms with van der Waals surface area (Å²) in [6, 6.07) is 17.0. The van der Waals surface area contributed by atoms with Gasteiger partial charge in [-0.15, -0.1) is 0 Å². The molecule has 0 atom stereocenters. The minimum Gasteiger partial charge on any atom is -0.459 e. The van der Waals surface area contributed by atoms with E-state index in [1.54, 1.807) is 12.1 Å². The Kier molecular flexibility index (Phi) is 4.27. The molecule has 0 aliphatic heterocycles. The lowest BCUT2D eigenvalue weighted by Gasteiger charge is -2.04. The molecule has 2 heterocycles. The number of benzene rings is 2. The first-order chi connectivity index (χ1) is 12.7. The molecular weight excluding hydrogens is 328 g/mol. The number of oxazole rings is 1. The van der Waals surface area contributed by atoms with E-state index in [9.17, 15) is 4.79 Å². The highest BCUT2D eigenvalue weighted by atomic mass is 16.3. The number of aryl methyl sites for hydroxylation is 1. The topological polar surface area (TPSA) is 68.3 Å². The van der Waals surface area contributed by atoms with E-state index in [1.807, 2.05) is 30.3 Å². The number of furan rings is 1. The van der Waals surface area contributed by atoms with Crippen molar-refractivity contribution in [2.24, 2.45) is 0 Å². The summed E-state index contributed by atoms with van der Waals surface area (Å²) < 4.78 is 10.9. The van der Waals surface area contributed by atoms with Crippen molar-refractivity contribution in [2.75, 3.05) is 5.32 Å². The Labute approximate surface area is 150 Å². The van der Waals surface area contributed by atoms with Gasteiger partial charge in [-0.05, 0) is 53.9 Å². The minimum atomic E-state index is -0.270. The third-order valence-electron chi connectivity index (χ3n) is 4.22. The van der Waals surface area contributed by atoms with Crippen LogP contribution >= 0.6 is 0 Å². The quantitative estimate of drug-likeness (QED) is 0.562. The maximum atomic E-state index is 12.0. The number of anilines is 1. The van der Waals surface area contributed by atoms with E-state index in [0.29, 0.717) is 18.0 Å². The lowest BCUT2D eigenvalue weighted by Crippen LogP contribution is -2.10. The number of fused-ring (bicyclic) bond motifs is 1. The Morgan fingerprint density at radius 3 is 2.62 bits per heavy atom. The summed E-state index contributed by atoms with van der Waals surface area (Å²) in [6.07, 6.45) is 3.05. The zero-order valence-corrected chi connectivity index (χ0v) is 14.4. The average Bonchev–Trinajstić information content (AvgIpc) is 3.32. The number of aromatic nitrogens is 1. The highest BCUT2D eigenvalue weighted by Gasteiger charge is 2.10. The molecule has 0 spiro atoms. The Morgan fingerprint density at radius 1 is 1.08 bits per heavy atom. The van der Waals surface area contributed by atoms with Gasteiger partial charge in [0.2, 0.25) is 0 Å². The summed E-state index contributed by atoms with van der Waals surface area (Å²) in [5, 5.41) is 2.80. The second-order valence-corrected chi connectivity index (χ2v) is 6.07. The number of hydrogen-bond acceptors (Lipinski definition) is 4. The summed E-state index contributed by atoms with van der Waals surface area (Å²) in [5.41, 5.74) is 4.71. The predicted molar refractivity (Wildman–Crippen MR) is 99.3 cm³/mol. The summed E-state index contributed by atoms with van der Waals surface area (Å²) in [7, 11) is 0. The van der Waals surface area contributed by atoms with Gasteiger partial charge in [-0.1, -0.05) is 25.1 Å². The molecule has 0 unspecified atom stereocenters. The van der Waals surface area contributed by atoms with Gasteiger partial charge in [0.15, 0.2) is 17.2 Å². The highest BCUT2D eigenvalue weighted by molar-refractivity contribution is 6.02. The molecule has 4 rings (SSSR count). The van der Waals surface area contributed by atoms with Gasteiger partial charge in [-0.3, -0.25) is 4.79 Å². The fourth-order valence-electron chi connectivity index (χ4n) is 2.80. The van der Waals surface area contributed by atoms with Gasteiger partial charge in [0.05, 0.1) is 6.26 Å². The number of hydrogen-bond donors (Lipinski definition) is 1. The average molecular weight is 346 g/mol. The number of carbonyl (C=O) groups excluding carboxylic acids is 1. The second kappa shape index (κ2) is 6.88. The normalized spacial score (nSPS) is 11.0. The highest BCUT2D eigenvalue weighted by Crippen LogP contribution is 2.20. The molecule has 5 heteroatoms. The maximum Gasteiger partial charge on any atom is 0.291 e. The number of nitrogens with one attached hydrogen (secondary N) is 1. The number of rotatable bonds is 5. The third-order valence-corrected chi connectivity index (χ3v) is 4.22. The van der Waals surface area contributed by atoms with E-state index in [0.717, 1.165) is 23.1 Å². The first-order valence-electron chi connectivity index (χ1n) is 8.53. The lowest BCUT2D eigenvalue weighted by atomic mass is 10.1. The maximum absolute atomic E-state index is 12.0. The van der Waals surface area contributed by atoms with E-state index in [2.05, 4.69) is 29.4 Å². The molecule has 0 saturated heterocycles. The molecule has 0 aliphatic carbocycles. The van der Waals surface area contributed by atoms with Crippen LogP contribution in [-0.4, -0.2) is 10.9 Å². The molecule has 0 bridgehead atoms. The Hall–Kier alpha value is -3.34. The predicted octanol–water partition coefficient (Wildman–Crippen LogP) is 4.83. The van der Waals surface area contributed by atoms with Crippen molar-refractivity contribution >= 4 is 22.7 Å². The van der Waals surface area contributed by atoms with Crippen molar-refractivity contribution in [3.05, 3.63) is 83.6 Å². The van der Waals surface area contributed by atoms with Crippen molar-refractivity contribution in [3.63, 3.8) is 0 Å². The van der Waals surface area contributed by atoms with E-state index < -0.39 is 0 Å². The summed E-state index contributed by atoms with van der Waals surface area (Å²) >= 11 is 0. The van der Waals surface area contributed by atoms with Crippen LogP contribution in [0.25, 0.3) is 11.1 Å². The zero-order chi connectivity index (χ0) is 17.9.